The summed E-state index contributed by atoms with van der Waals surface area (Å²) >= 11 is 0. The lowest BCUT2D eigenvalue weighted by Gasteiger charge is -2.20. The Balaban J connectivity index is 1.51. The number of carbonyl (C=O) groups excluding carboxylic acids is 1. The minimum absolute atomic E-state index is 0.0739. The van der Waals surface area contributed by atoms with Crippen molar-refractivity contribution in [2.24, 2.45) is 16.6 Å². The molecule has 1 aliphatic rings. The van der Waals surface area contributed by atoms with Crippen molar-refractivity contribution in [3.63, 3.8) is 0 Å². The number of rotatable bonds is 22. The first kappa shape index (κ1) is 35.7. The first-order valence-electron chi connectivity index (χ1n) is 15.9. The third kappa shape index (κ3) is 13.0. The van der Waals surface area contributed by atoms with E-state index < -0.39 is 0 Å². The lowest BCUT2D eigenvalue weighted by molar-refractivity contribution is -0.111. The van der Waals surface area contributed by atoms with Gasteiger partial charge in [0, 0.05) is 62.5 Å². The molecule has 0 fully saturated rings. The van der Waals surface area contributed by atoms with E-state index in [2.05, 4.69) is 20.9 Å². The zero-order valence-electron chi connectivity index (χ0n) is 26.1. The van der Waals surface area contributed by atoms with Crippen LogP contribution in [0.1, 0.15) is 38.5 Å². The standard InChI is InChI=1S/C34H50N6O5/c35-31-24-34(45)33(39-30-12-8-28(9-13-30)37-16-3-17-40(18-22-43)19-23-44)25-32(31)38-29-10-6-27(7-11-29)36-15-1-4-26(14-21-42)5-2-20-41/h6-13,24-26,36-37,39,41-44H,1-5,14-23,35H2. The maximum absolute atomic E-state index is 12.7. The molecule has 9 N–H and O–H groups in total. The fourth-order valence-corrected chi connectivity index (χ4v) is 5.17. The van der Waals surface area contributed by atoms with Crippen molar-refractivity contribution in [2.45, 2.75) is 38.5 Å². The van der Waals surface area contributed by atoms with Crippen molar-refractivity contribution in [1.29, 1.82) is 0 Å². The fourth-order valence-electron chi connectivity index (χ4n) is 5.17. The molecule has 0 amide bonds. The van der Waals surface area contributed by atoms with Crippen LogP contribution in [-0.4, -0.2) is 96.0 Å². The molecule has 0 saturated heterocycles. The van der Waals surface area contributed by atoms with Crippen LogP contribution in [0.3, 0.4) is 0 Å². The van der Waals surface area contributed by atoms with Crippen LogP contribution in [0.15, 0.2) is 77.1 Å². The highest BCUT2D eigenvalue weighted by Crippen LogP contribution is 2.22. The monoisotopic (exact) mass is 622 g/mol. The zero-order chi connectivity index (χ0) is 32.3. The molecule has 0 bridgehead atoms. The topological polar surface area (TPSA) is 176 Å². The summed E-state index contributed by atoms with van der Waals surface area (Å²) in [6.45, 7) is 3.97. The number of nitrogens with zero attached hydrogens (tertiary/aromatic N) is 2. The van der Waals surface area contributed by atoms with Gasteiger partial charge in [0.2, 0.25) is 5.78 Å². The van der Waals surface area contributed by atoms with Crippen molar-refractivity contribution >= 4 is 34.2 Å². The largest absolute Gasteiger partial charge is 0.397 e. The van der Waals surface area contributed by atoms with Gasteiger partial charge < -0.3 is 42.1 Å². The maximum Gasteiger partial charge on any atom is 0.204 e. The van der Waals surface area contributed by atoms with Gasteiger partial charge in [-0.3, -0.25) is 9.69 Å². The SMILES string of the molecule is NC1=CC(=O)C(Nc2ccc(NCCCN(CCO)CCO)cc2)=CC1=Nc1ccc(NCCCC(CCO)CCCO)cc1. The molecule has 3 rings (SSSR count). The third-order valence-electron chi connectivity index (χ3n) is 7.65. The number of benzene rings is 2. The summed E-state index contributed by atoms with van der Waals surface area (Å²) in [5.74, 6) is 0.211. The highest BCUT2D eigenvalue weighted by atomic mass is 16.3. The van der Waals surface area contributed by atoms with Crippen LogP contribution < -0.4 is 21.7 Å². The molecule has 0 aromatic heterocycles. The van der Waals surface area contributed by atoms with Gasteiger partial charge in [0.25, 0.3) is 0 Å². The van der Waals surface area contributed by atoms with Gasteiger partial charge in [-0.15, -0.1) is 0 Å². The summed E-state index contributed by atoms with van der Waals surface area (Å²) in [6.07, 6.45) is 8.39. The van der Waals surface area contributed by atoms with Crippen LogP contribution in [0.2, 0.25) is 0 Å². The Morgan fingerprint density at radius 3 is 1.91 bits per heavy atom. The number of aliphatic imine (C=N–C) groups is 1. The molecular formula is C34H50N6O5. The molecule has 2 aromatic carbocycles. The number of aliphatic hydroxyl groups is 4. The number of nitrogens with one attached hydrogen (secondary N) is 3. The number of anilines is 3. The summed E-state index contributed by atoms with van der Waals surface area (Å²) in [5, 5.41) is 46.6. The summed E-state index contributed by atoms with van der Waals surface area (Å²) in [6, 6.07) is 15.4. The van der Waals surface area contributed by atoms with Crippen molar-refractivity contribution in [1.82, 2.24) is 4.90 Å². The van der Waals surface area contributed by atoms with E-state index in [0.29, 0.717) is 36.1 Å². The Kier molecular flexibility index (Phi) is 16.1. The predicted octanol–water partition coefficient (Wildman–Crippen LogP) is 3.23. The molecule has 246 valence electrons. The van der Waals surface area contributed by atoms with Gasteiger partial charge in [-0.25, -0.2) is 4.99 Å². The maximum atomic E-state index is 12.7. The molecule has 1 unspecified atom stereocenters. The van der Waals surface area contributed by atoms with Gasteiger partial charge in [0.1, 0.15) is 0 Å². The number of allylic oxidation sites excluding steroid dienone is 2. The van der Waals surface area contributed by atoms with E-state index in [9.17, 15) is 9.90 Å². The molecule has 0 aliphatic heterocycles. The smallest absolute Gasteiger partial charge is 0.204 e. The summed E-state index contributed by atoms with van der Waals surface area (Å²) in [7, 11) is 0. The molecule has 11 heteroatoms. The van der Waals surface area contributed by atoms with Gasteiger partial charge in [0.05, 0.1) is 36.0 Å². The van der Waals surface area contributed by atoms with E-state index in [-0.39, 0.29) is 32.2 Å². The Hall–Kier alpha value is -3.74. The van der Waals surface area contributed by atoms with Crippen LogP contribution in [-0.2, 0) is 4.79 Å². The second-order valence-corrected chi connectivity index (χ2v) is 11.2. The molecule has 1 aliphatic carbocycles. The molecular weight excluding hydrogens is 572 g/mol. The number of carbonyl (C=O) groups is 1. The number of nitrogens with two attached hydrogens (primary N) is 1. The first-order valence-corrected chi connectivity index (χ1v) is 15.9. The van der Waals surface area contributed by atoms with Crippen LogP contribution in [0.5, 0.6) is 0 Å². The average molecular weight is 623 g/mol. The molecule has 45 heavy (non-hydrogen) atoms. The molecule has 0 spiro atoms. The number of aliphatic hydroxyl groups excluding tert-OH is 4. The Labute approximate surface area is 266 Å². The van der Waals surface area contributed by atoms with Crippen molar-refractivity contribution in [2.75, 3.05) is 75.1 Å². The highest BCUT2D eigenvalue weighted by molar-refractivity contribution is 6.23. The van der Waals surface area contributed by atoms with Gasteiger partial charge >= 0.3 is 0 Å². The van der Waals surface area contributed by atoms with Crippen molar-refractivity contribution in [3.8, 4) is 0 Å². The number of ketones is 1. The predicted molar refractivity (Wildman–Crippen MR) is 182 cm³/mol. The Morgan fingerprint density at radius 1 is 0.689 bits per heavy atom. The van der Waals surface area contributed by atoms with Gasteiger partial charge in [-0.2, -0.15) is 0 Å². The minimum Gasteiger partial charge on any atom is -0.397 e. The third-order valence-corrected chi connectivity index (χ3v) is 7.65. The number of hydrogen-bond donors (Lipinski definition) is 8. The van der Waals surface area contributed by atoms with Crippen LogP contribution >= 0.6 is 0 Å². The lowest BCUT2D eigenvalue weighted by atomic mass is 9.94. The van der Waals surface area contributed by atoms with Gasteiger partial charge in [-0.1, -0.05) is 0 Å². The molecule has 0 radical (unpaired) electrons. The molecule has 0 heterocycles. The van der Waals surface area contributed by atoms with E-state index in [0.717, 1.165) is 80.9 Å². The van der Waals surface area contributed by atoms with Gasteiger partial charge in [-0.05, 0) is 106 Å². The molecule has 2 aromatic rings. The minimum atomic E-state index is -0.221. The van der Waals surface area contributed by atoms with Crippen LogP contribution in [0, 0.1) is 5.92 Å². The van der Waals surface area contributed by atoms with E-state index in [1.165, 1.54) is 6.08 Å². The quantitative estimate of drug-likeness (QED) is 0.0719. The average Bonchev–Trinajstić information content (AvgIpc) is 3.04. The lowest BCUT2D eigenvalue weighted by Crippen LogP contribution is -2.31. The molecule has 1 atom stereocenters. The molecule has 0 saturated carbocycles. The van der Waals surface area contributed by atoms with E-state index in [1.807, 2.05) is 53.4 Å². The van der Waals surface area contributed by atoms with Crippen LogP contribution in [0.25, 0.3) is 0 Å². The Bertz CT molecular complexity index is 1240. The fraction of sp³-hybridized carbons (Fsp3) is 0.471. The summed E-state index contributed by atoms with van der Waals surface area (Å²) < 4.78 is 0. The first-order chi connectivity index (χ1) is 21.9. The summed E-state index contributed by atoms with van der Waals surface area (Å²) in [4.78, 5) is 19.4. The number of hydrogen-bond acceptors (Lipinski definition) is 11. The van der Waals surface area contributed by atoms with Crippen molar-refractivity contribution in [3.05, 3.63) is 72.1 Å². The van der Waals surface area contributed by atoms with Gasteiger partial charge in [0.15, 0.2) is 0 Å². The highest BCUT2D eigenvalue weighted by Gasteiger charge is 2.17. The van der Waals surface area contributed by atoms with E-state index >= 15 is 0 Å². The van der Waals surface area contributed by atoms with Crippen molar-refractivity contribution < 1.29 is 25.2 Å². The Morgan fingerprint density at radius 2 is 1.29 bits per heavy atom. The normalized spacial score (nSPS) is 14.8. The summed E-state index contributed by atoms with van der Waals surface area (Å²) in [5.41, 5.74) is 10.8. The second-order valence-electron chi connectivity index (χ2n) is 11.2. The zero-order valence-corrected chi connectivity index (χ0v) is 26.1. The van der Waals surface area contributed by atoms with E-state index in [1.54, 1.807) is 6.08 Å². The molecule has 11 nitrogen and oxygen atoms in total. The second kappa shape index (κ2) is 20.3. The van der Waals surface area contributed by atoms with E-state index in [4.69, 9.17) is 21.1 Å². The van der Waals surface area contributed by atoms with Crippen LogP contribution in [0.4, 0.5) is 22.7 Å².